The molecule has 0 spiro atoms. The predicted octanol–water partition coefficient (Wildman–Crippen LogP) is 1.91. The van der Waals surface area contributed by atoms with Gasteiger partial charge in [0, 0.05) is 0 Å². The fourth-order valence-electron chi connectivity index (χ4n) is 1.06. The fourth-order valence-corrected chi connectivity index (χ4v) is 1.06. The second kappa shape index (κ2) is 5.90. The van der Waals surface area contributed by atoms with Gasteiger partial charge >= 0.3 is 0 Å². The van der Waals surface area contributed by atoms with E-state index in [1.807, 2.05) is 0 Å². The van der Waals surface area contributed by atoms with Crippen molar-refractivity contribution in [2.45, 2.75) is 26.2 Å². The van der Waals surface area contributed by atoms with E-state index in [9.17, 15) is 0 Å². The third kappa shape index (κ3) is 3.49. The van der Waals surface area contributed by atoms with Crippen molar-refractivity contribution in [2.24, 2.45) is 10.2 Å². The summed E-state index contributed by atoms with van der Waals surface area (Å²) in [6.45, 7) is 2.82. The highest BCUT2D eigenvalue weighted by atomic mass is 15.1. The summed E-state index contributed by atoms with van der Waals surface area (Å²) in [5.41, 5.74) is 11.5. The van der Waals surface area contributed by atoms with Crippen molar-refractivity contribution < 1.29 is 0 Å². The molecule has 82 valence electrons. The van der Waals surface area contributed by atoms with E-state index in [-0.39, 0.29) is 11.6 Å². The molecule has 0 amide bonds. The van der Waals surface area contributed by atoms with Gasteiger partial charge in [-0.25, -0.2) is 9.97 Å². The van der Waals surface area contributed by atoms with E-state index >= 15 is 0 Å². The Kier molecular flexibility index (Phi) is 4.46. The van der Waals surface area contributed by atoms with Crippen molar-refractivity contribution in [1.29, 1.82) is 0 Å². The van der Waals surface area contributed by atoms with Gasteiger partial charge in [0.2, 0.25) is 0 Å². The Labute approximate surface area is 88.8 Å². The van der Waals surface area contributed by atoms with Crippen LogP contribution in [-0.2, 0) is 0 Å². The molecule has 0 aliphatic carbocycles. The van der Waals surface area contributed by atoms with Gasteiger partial charge in [0.1, 0.15) is 6.33 Å². The van der Waals surface area contributed by atoms with Crippen molar-refractivity contribution in [3.63, 3.8) is 0 Å². The zero-order chi connectivity index (χ0) is 11.1. The molecule has 0 saturated carbocycles. The van der Waals surface area contributed by atoms with Crippen LogP contribution in [0.25, 0.3) is 0 Å². The van der Waals surface area contributed by atoms with Crippen LogP contribution >= 0.6 is 0 Å². The molecule has 0 saturated heterocycles. The van der Waals surface area contributed by atoms with E-state index in [0.29, 0.717) is 12.2 Å². The van der Waals surface area contributed by atoms with Crippen LogP contribution in [0, 0.1) is 0 Å². The molecule has 0 aliphatic rings. The lowest BCUT2D eigenvalue weighted by Crippen LogP contribution is -1.97. The Morgan fingerprint density at radius 3 is 2.47 bits per heavy atom. The first kappa shape index (κ1) is 11.4. The fraction of sp³-hybridized carbons (Fsp3) is 0.556. The average molecular weight is 208 g/mol. The van der Waals surface area contributed by atoms with Crippen LogP contribution in [0.1, 0.15) is 26.2 Å². The molecule has 0 unspecified atom stereocenters. The van der Waals surface area contributed by atoms with Crippen molar-refractivity contribution in [1.82, 2.24) is 9.97 Å². The van der Waals surface area contributed by atoms with Crippen LogP contribution < -0.4 is 11.5 Å². The van der Waals surface area contributed by atoms with Crippen LogP contribution in [-0.4, -0.2) is 16.5 Å². The second-order valence-electron chi connectivity index (χ2n) is 3.16. The summed E-state index contributed by atoms with van der Waals surface area (Å²) in [5.74, 6) is 0.531. The molecule has 1 heterocycles. The molecular formula is C9H16N6. The van der Waals surface area contributed by atoms with Crippen LogP contribution in [0.4, 0.5) is 17.3 Å². The Hall–Kier alpha value is -1.72. The van der Waals surface area contributed by atoms with Crippen molar-refractivity contribution >= 4 is 17.3 Å². The van der Waals surface area contributed by atoms with Gasteiger partial charge in [-0.15, -0.1) is 5.11 Å². The number of nitrogen functional groups attached to an aromatic ring is 2. The monoisotopic (exact) mass is 208 g/mol. The SMILES string of the molecule is CCCCCN=Nc1c(N)ncnc1N. The van der Waals surface area contributed by atoms with Crippen LogP contribution in [0.2, 0.25) is 0 Å². The van der Waals surface area contributed by atoms with Gasteiger partial charge < -0.3 is 11.5 Å². The summed E-state index contributed by atoms with van der Waals surface area (Å²) >= 11 is 0. The summed E-state index contributed by atoms with van der Waals surface area (Å²) in [6, 6.07) is 0. The Morgan fingerprint density at radius 1 is 1.20 bits per heavy atom. The normalized spacial score (nSPS) is 11.0. The molecule has 1 aromatic heterocycles. The topological polar surface area (TPSA) is 103 Å². The quantitative estimate of drug-likeness (QED) is 0.569. The molecule has 0 radical (unpaired) electrons. The Bertz CT molecular complexity index is 315. The Balaban J connectivity index is 2.56. The van der Waals surface area contributed by atoms with Gasteiger partial charge in [-0.2, -0.15) is 5.11 Å². The first-order chi connectivity index (χ1) is 7.25. The summed E-state index contributed by atoms with van der Waals surface area (Å²) in [6.07, 6.45) is 4.64. The number of anilines is 2. The maximum atomic E-state index is 5.58. The molecule has 0 aromatic carbocycles. The molecule has 0 aliphatic heterocycles. The van der Waals surface area contributed by atoms with Gasteiger partial charge in [0.15, 0.2) is 17.3 Å². The minimum absolute atomic E-state index is 0.266. The molecule has 6 heteroatoms. The number of hydrogen-bond donors (Lipinski definition) is 2. The first-order valence-corrected chi connectivity index (χ1v) is 4.99. The van der Waals surface area contributed by atoms with Crippen molar-refractivity contribution in [3.8, 4) is 0 Å². The van der Waals surface area contributed by atoms with E-state index in [0.717, 1.165) is 19.3 Å². The zero-order valence-corrected chi connectivity index (χ0v) is 8.85. The number of hydrogen-bond acceptors (Lipinski definition) is 6. The summed E-state index contributed by atoms with van der Waals surface area (Å²) in [5, 5.41) is 7.91. The van der Waals surface area contributed by atoms with Gasteiger partial charge in [-0.3, -0.25) is 0 Å². The van der Waals surface area contributed by atoms with Crippen LogP contribution in [0.3, 0.4) is 0 Å². The summed E-state index contributed by atoms with van der Waals surface area (Å²) in [7, 11) is 0. The van der Waals surface area contributed by atoms with E-state index < -0.39 is 0 Å². The smallest absolute Gasteiger partial charge is 0.169 e. The molecule has 0 atom stereocenters. The van der Waals surface area contributed by atoms with E-state index in [1.165, 1.54) is 6.33 Å². The summed E-state index contributed by atoms with van der Waals surface area (Å²) < 4.78 is 0. The number of azo groups is 1. The molecule has 0 bridgehead atoms. The number of aromatic nitrogens is 2. The van der Waals surface area contributed by atoms with Gasteiger partial charge in [-0.05, 0) is 6.42 Å². The lowest BCUT2D eigenvalue weighted by atomic mass is 10.3. The van der Waals surface area contributed by atoms with E-state index in [4.69, 9.17) is 11.5 Å². The minimum atomic E-state index is 0.266. The highest BCUT2D eigenvalue weighted by Crippen LogP contribution is 2.24. The van der Waals surface area contributed by atoms with E-state index in [2.05, 4.69) is 27.1 Å². The number of unbranched alkanes of at least 4 members (excludes halogenated alkanes) is 2. The highest BCUT2D eigenvalue weighted by molar-refractivity contribution is 5.68. The predicted molar refractivity (Wildman–Crippen MR) is 59.8 cm³/mol. The van der Waals surface area contributed by atoms with Crippen LogP contribution in [0.15, 0.2) is 16.6 Å². The van der Waals surface area contributed by atoms with Crippen LogP contribution in [0.5, 0.6) is 0 Å². The van der Waals surface area contributed by atoms with Crippen molar-refractivity contribution in [2.75, 3.05) is 18.0 Å². The number of nitrogens with two attached hydrogens (primary N) is 2. The number of rotatable bonds is 5. The lowest BCUT2D eigenvalue weighted by molar-refractivity contribution is 0.713. The van der Waals surface area contributed by atoms with Gasteiger partial charge in [-0.1, -0.05) is 19.8 Å². The lowest BCUT2D eigenvalue weighted by Gasteiger charge is -1.99. The molecule has 4 N–H and O–H groups in total. The van der Waals surface area contributed by atoms with Gasteiger partial charge in [0.05, 0.1) is 6.54 Å². The molecule has 6 nitrogen and oxygen atoms in total. The summed E-state index contributed by atoms with van der Waals surface area (Å²) in [4.78, 5) is 7.58. The second-order valence-corrected chi connectivity index (χ2v) is 3.16. The standard InChI is InChI=1S/C9H16N6/c1-2-3-4-5-14-15-7-8(10)12-6-13-9(7)11/h6H,2-5H2,1H3,(H4,10,11,12,13). The third-order valence-electron chi connectivity index (χ3n) is 1.91. The molecule has 15 heavy (non-hydrogen) atoms. The number of nitrogens with zero attached hydrogens (tertiary/aromatic N) is 4. The highest BCUT2D eigenvalue weighted by Gasteiger charge is 2.03. The maximum Gasteiger partial charge on any atom is 0.169 e. The van der Waals surface area contributed by atoms with Gasteiger partial charge in [0.25, 0.3) is 0 Å². The third-order valence-corrected chi connectivity index (χ3v) is 1.91. The first-order valence-electron chi connectivity index (χ1n) is 4.99. The average Bonchev–Trinajstić information content (AvgIpc) is 2.21. The zero-order valence-electron chi connectivity index (χ0n) is 8.85. The maximum absolute atomic E-state index is 5.58. The van der Waals surface area contributed by atoms with E-state index in [1.54, 1.807) is 0 Å². The Morgan fingerprint density at radius 2 is 1.87 bits per heavy atom. The molecule has 1 aromatic rings. The molecule has 1 rings (SSSR count). The largest absolute Gasteiger partial charge is 0.382 e. The minimum Gasteiger partial charge on any atom is -0.382 e. The molecular weight excluding hydrogens is 192 g/mol. The van der Waals surface area contributed by atoms with Crippen molar-refractivity contribution in [3.05, 3.63) is 6.33 Å². The molecule has 0 fully saturated rings.